The minimum absolute atomic E-state index is 0.145. The number of hydrogen-bond donors (Lipinski definition) is 0. The fourth-order valence-corrected chi connectivity index (χ4v) is 3.88. The van der Waals surface area contributed by atoms with Crippen LogP contribution < -0.4 is 4.90 Å². The number of amides is 1. The molecular formula is C22H32N6O. The maximum Gasteiger partial charge on any atom is 0.270 e. The van der Waals surface area contributed by atoms with Crippen LogP contribution in [0.2, 0.25) is 0 Å². The lowest BCUT2D eigenvalue weighted by molar-refractivity contribution is 0.0585. The lowest BCUT2D eigenvalue weighted by atomic mass is 10.1. The minimum atomic E-state index is 0.145. The molecule has 0 atom stereocenters. The van der Waals surface area contributed by atoms with Crippen LogP contribution in [0.5, 0.6) is 0 Å². The number of piperazine rings is 1. The Bertz CT molecular complexity index is 845. The van der Waals surface area contributed by atoms with E-state index in [0.29, 0.717) is 17.9 Å². The molecule has 1 saturated heterocycles. The molecule has 1 amide bonds. The van der Waals surface area contributed by atoms with Crippen LogP contribution in [0.25, 0.3) is 11.1 Å². The van der Waals surface area contributed by atoms with Crippen molar-refractivity contribution < 1.29 is 4.79 Å². The molecule has 0 bridgehead atoms. The maximum atomic E-state index is 13.3. The average molecular weight is 397 g/mol. The summed E-state index contributed by atoms with van der Waals surface area (Å²) in [6, 6.07) is 2.55. The van der Waals surface area contributed by atoms with Gasteiger partial charge < -0.3 is 14.4 Å². The Balaban J connectivity index is 1.56. The summed E-state index contributed by atoms with van der Waals surface area (Å²) in [5.74, 6) is 1.53. The van der Waals surface area contributed by atoms with Crippen molar-refractivity contribution in [1.29, 1.82) is 0 Å². The number of anilines is 1. The second-order valence-corrected chi connectivity index (χ2v) is 8.80. The molecule has 0 unspecified atom stereocenters. The summed E-state index contributed by atoms with van der Waals surface area (Å²) in [5, 5.41) is 0. The van der Waals surface area contributed by atoms with Crippen LogP contribution in [0.1, 0.15) is 37.2 Å². The summed E-state index contributed by atoms with van der Waals surface area (Å²) in [4.78, 5) is 28.5. The van der Waals surface area contributed by atoms with E-state index in [4.69, 9.17) is 0 Å². The Hall–Kier alpha value is -2.41. The maximum absolute atomic E-state index is 13.3. The van der Waals surface area contributed by atoms with Crippen molar-refractivity contribution in [2.75, 3.05) is 45.2 Å². The molecule has 1 saturated carbocycles. The van der Waals surface area contributed by atoms with Crippen molar-refractivity contribution >= 4 is 11.9 Å². The van der Waals surface area contributed by atoms with Gasteiger partial charge in [-0.05, 0) is 38.7 Å². The first kappa shape index (κ1) is 19.9. The Labute approximate surface area is 173 Å². The highest BCUT2D eigenvalue weighted by atomic mass is 16.2. The number of carbonyl (C=O) groups is 1. The Morgan fingerprint density at radius 1 is 1.10 bits per heavy atom. The molecule has 4 rings (SSSR count). The molecule has 156 valence electrons. The standard InChI is InChI=1S/C22H32N6O/c1-16(2)26-7-9-27(10-8-26)21(29)20-11-18(15-28(20)14-17-5-6-17)19-12-23-22(24-13-19)25(3)4/h11-13,15-17H,5-10,14H2,1-4H3. The SMILES string of the molecule is CC(C)N1CCN(C(=O)c2cc(-c3cnc(N(C)C)nc3)cn2CC2CC2)CC1. The van der Waals surface area contributed by atoms with Crippen LogP contribution in [-0.4, -0.2) is 76.6 Å². The molecule has 29 heavy (non-hydrogen) atoms. The Morgan fingerprint density at radius 3 is 2.31 bits per heavy atom. The van der Waals surface area contributed by atoms with E-state index in [-0.39, 0.29) is 5.91 Å². The summed E-state index contributed by atoms with van der Waals surface area (Å²) in [6.07, 6.45) is 8.30. The number of nitrogens with zero attached hydrogens (tertiary/aromatic N) is 6. The highest BCUT2D eigenvalue weighted by molar-refractivity contribution is 5.94. The molecule has 7 nitrogen and oxygen atoms in total. The average Bonchev–Trinajstić information content (AvgIpc) is 3.44. The number of hydrogen-bond acceptors (Lipinski definition) is 5. The summed E-state index contributed by atoms with van der Waals surface area (Å²) in [5.41, 5.74) is 2.76. The number of rotatable bonds is 6. The largest absolute Gasteiger partial charge is 0.347 e. The van der Waals surface area contributed by atoms with Gasteiger partial charge >= 0.3 is 0 Å². The van der Waals surface area contributed by atoms with Gasteiger partial charge in [0.25, 0.3) is 5.91 Å². The Morgan fingerprint density at radius 2 is 1.76 bits per heavy atom. The van der Waals surface area contributed by atoms with E-state index in [2.05, 4.69) is 39.5 Å². The van der Waals surface area contributed by atoms with E-state index >= 15 is 0 Å². The molecule has 0 aromatic carbocycles. The molecule has 3 heterocycles. The van der Waals surface area contributed by atoms with Gasteiger partial charge in [-0.1, -0.05) is 0 Å². The van der Waals surface area contributed by atoms with Crippen molar-refractivity contribution in [3.63, 3.8) is 0 Å². The Kier molecular flexibility index (Phi) is 5.58. The topological polar surface area (TPSA) is 57.5 Å². The van der Waals surface area contributed by atoms with Gasteiger partial charge in [0.2, 0.25) is 5.95 Å². The minimum Gasteiger partial charge on any atom is -0.347 e. The van der Waals surface area contributed by atoms with Gasteiger partial charge in [0.1, 0.15) is 5.69 Å². The zero-order valence-corrected chi connectivity index (χ0v) is 18.0. The van der Waals surface area contributed by atoms with E-state index in [1.807, 2.05) is 42.4 Å². The number of aromatic nitrogens is 3. The second kappa shape index (κ2) is 8.14. The van der Waals surface area contributed by atoms with Gasteiger partial charge in [0, 0.05) is 82.6 Å². The first-order valence-electron chi connectivity index (χ1n) is 10.7. The van der Waals surface area contributed by atoms with E-state index < -0.39 is 0 Å². The molecule has 0 spiro atoms. The van der Waals surface area contributed by atoms with E-state index in [0.717, 1.165) is 49.5 Å². The van der Waals surface area contributed by atoms with Gasteiger partial charge in [-0.15, -0.1) is 0 Å². The molecule has 0 N–H and O–H groups in total. The first-order valence-corrected chi connectivity index (χ1v) is 10.7. The van der Waals surface area contributed by atoms with Crippen molar-refractivity contribution in [1.82, 2.24) is 24.3 Å². The molecule has 2 fully saturated rings. The molecule has 1 aliphatic heterocycles. The molecule has 0 radical (unpaired) electrons. The fourth-order valence-electron chi connectivity index (χ4n) is 3.88. The number of carbonyl (C=O) groups excluding carboxylic acids is 1. The van der Waals surface area contributed by atoms with Crippen molar-refractivity contribution in [3.8, 4) is 11.1 Å². The summed E-state index contributed by atoms with van der Waals surface area (Å²) < 4.78 is 2.16. The van der Waals surface area contributed by atoms with Gasteiger partial charge in [-0.3, -0.25) is 9.69 Å². The molecule has 1 aliphatic carbocycles. The smallest absolute Gasteiger partial charge is 0.270 e. The quantitative estimate of drug-likeness (QED) is 0.751. The van der Waals surface area contributed by atoms with E-state index in [1.54, 1.807) is 0 Å². The van der Waals surface area contributed by atoms with Crippen molar-refractivity contribution in [2.45, 2.75) is 39.3 Å². The summed E-state index contributed by atoms with van der Waals surface area (Å²) in [7, 11) is 3.86. The van der Waals surface area contributed by atoms with Gasteiger partial charge in [-0.2, -0.15) is 0 Å². The molecule has 2 aromatic rings. The molecule has 7 heteroatoms. The monoisotopic (exact) mass is 396 g/mol. The van der Waals surface area contributed by atoms with E-state index in [9.17, 15) is 4.79 Å². The predicted molar refractivity (Wildman–Crippen MR) is 115 cm³/mol. The highest BCUT2D eigenvalue weighted by Gasteiger charge is 2.28. The normalized spacial score (nSPS) is 17.8. The molecule has 2 aromatic heterocycles. The fraction of sp³-hybridized carbons (Fsp3) is 0.591. The lowest BCUT2D eigenvalue weighted by Crippen LogP contribution is -2.51. The van der Waals surface area contributed by atoms with E-state index in [1.165, 1.54) is 12.8 Å². The first-order chi connectivity index (χ1) is 13.9. The zero-order valence-electron chi connectivity index (χ0n) is 18.0. The van der Waals surface area contributed by atoms with Gasteiger partial charge in [0.15, 0.2) is 0 Å². The van der Waals surface area contributed by atoms with Crippen LogP contribution >= 0.6 is 0 Å². The van der Waals surface area contributed by atoms with Crippen LogP contribution in [0.4, 0.5) is 5.95 Å². The van der Waals surface area contributed by atoms with Crippen LogP contribution in [0, 0.1) is 5.92 Å². The summed E-state index contributed by atoms with van der Waals surface area (Å²) >= 11 is 0. The van der Waals surface area contributed by atoms with Crippen LogP contribution in [-0.2, 0) is 6.54 Å². The zero-order chi connectivity index (χ0) is 20.5. The van der Waals surface area contributed by atoms with Crippen LogP contribution in [0.3, 0.4) is 0 Å². The van der Waals surface area contributed by atoms with Gasteiger partial charge in [0.05, 0.1) is 0 Å². The van der Waals surface area contributed by atoms with Crippen LogP contribution in [0.15, 0.2) is 24.7 Å². The van der Waals surface area contributed by atoms with Gasteiger partial charge in [-0.25, -0.2) is 9.97 Å². The summed E-state index contributed by atoms with van der Waals surface area (Å²) in [6.45, 7) is 8.83. The highest BCUT2D eigenvalue weighted by Crippen LogP contribution is 2.33. The molecular weight excluding hydrogens is 364 g/mol. The lowest BCUT2D eigenvalue weighted by Gasteiger charge is -2.37. The van der Waals surface area contributed by atoms with Crippen molar-refractivity contribution in [3.05, 3.63) is 30.4 Å². The second-order valence-electron chi connectivity index (χ2n) is 8.80. The third-order valence-electron chi connectivity index (χ3n) is 5.97. The third-order valence-corrected chi connectivity index (χ3v) is 5.97. The molecule has 2 aliphatic rings. The van der Waals surface area contributed by atoms with Crippen molar-refractivity contribution in [2.24, 2.45) is 5.92 Å². The third kappa shape index (κ3) is 4.45. The predicted octanol–water partition coefficient (Wildman–Crippen LogP) is 2.59.